The van der Waals surface area contributed by atoms with Crippen LogP contribution in [0.3, 0.4) is 0 Å². The molecule has 0 fully saturated rings. The first-order chi connectivity index (χ1) is 15.4. The molecule has 0 aliphatic carbocycles. The van der Waals surface area contributed by atoms with E-state index < -0.39 is 11.2 Å². The highest BCUT2D eigenvalue weighted by atomic mass is 79.9. The van der Waals surface area contributed by atoms with Crippen LogP contribution in [0.5, 0.6) is 5.75 Å². The topological polar surface area (TPSA) is 88.3 Å². The number of fused-ring (bicyclic) bond motifs is 3. The zero-order valence-corrected chi connectivity index (χ0v) is 19.2. The van der Waals surface area contributed by atoms with E-state index in [0.29, 0.717) is 40.6 Å². The van der Waals surface area contributed by atoms with Gasteiger partial charge in [0.15, 0.2) is 17.0 Å². The van der Waals surface area contributed by atoms with Crippen LogP contribution in [0.2, 0.25) is 0 Å². The number of hydrogen-bond donors (Lipinski definition) is 0. The zero-order chi connectivity index (χ0) is 22.6. The van der Waals surface area contributed by atoms with Gasteiger partial charge in [0, 0.05) is 18.6 Å². The fraction of sp³-hybridized carbons (Fsp3) is 0.182. The van der Waals surface area contributed by atoms with Crippen molar-refractivity contribution in [2.75, 3.05) is 7.11 Å². The number of hydrogen-bond acceptors (Lipinski definition) is 5. The monoisotopic (exact) mass is 494 g/mol. The molecule has 0 saturated carbocycles. The lowest BCUT2D eigenvalue weighted by Crippen LogP contribution is -2.37. The van der Waals surface area contributed by atoms with Gasteiger partial charge >= 0.3 is 5.69 Å². The Morgan fingerprint density at radius 2 is 1.75 bits per heavy atom. The minimum Gasteiger partial charge on any atom is -0.496 e. The maximum absolute atomic E-state index is 13.2. The first kappa shape index (κ1) is 20.3. The molecule has 3 aromatic heterocycles. The molecule has 5 rings (SSSR count). The summed E-state index contributed by atoms with van der Waals surface area (Å²) in [6, 6.07) is 15.3. The Labute approximate surface area is 190 Å². The summed E-state index contributed by atoms with van der Waals surface area (Å²) in [5.74, 6) is 1.53. The second-order valence-corrected chi connectivity index (χ2v) is 8.37. The van der Waals surface area contributed by atoms with Crippen molar-refractivity contribution in [1.29, 1.82) is 0 Å². The number of halogens is 1. The number of benzene rings is 2. The predicted molar refractivity (Wildman–Crippen MR) is 124 cm³/mol. The van der Waals surface area contributed by atoms with Crippen molar-refractivity contribution in [2.24, 2.45) is 14.1 Å². The molecule has 5 aromatic rings. The standard InChI is InChI=1S/C22H19BrN6O3/c1-26-19-17(20(30)27(2)22(26)31)28(12-13-7-5-4-6-8-13)21-25-24-18(29(19)21)15-11-14(23)9-10-16(15)32-3/h4-11H,12H2,1-3H3. The molecule has 0 aliphatic heterocycles. The Hall–Kier alpha value is -3.66. The van der Waals surface area contributed by atoms with Gasteiger partial charge < -0.3 is 4.74 Å². The number of methoxy groups -OCH3 is 1. The minimum atomic E-state index is -0.429. The summed E-state index contributed by atoms with van der Waals surface area (Å²) in [6.07, 6.45) is 0. The summed E-state index contributed by atoms with van der Waals surface area (Å²) in [5, 5.41) is 8.83. The molecule has 0 amide bonds. The van der Waals surface area contributed by atoms with E-state index in [1.54, 1.807) is 23.1 Å². The maximum Gasteiger partial charge on any atom is 0.332 e. The number of ether oxygens (including phenoxy) is 1. The SMILES string of the molecule is COc1ccc(Br)cc1-c1nnc2n(Cc3ccccc3)c3c(=O)n(C)c(=O)n(C)c3n12. The van der Waals surface area contributed by atoms with Gasteiger partial charge in [-0.3, -0.25) is 18.5 Å². The summed E-state index contributed by atoms with van der Waals surface area (Å²) >= 11 is 3.49. The van der Waals surface area contributed by atoms with Crippen molar-refractivity contribution in [3.05, 3.63) is 79.4 Å². The van der Waals surface area contributed by atoms with E-state index in [1.807, 2.05) is 48.5 Å². The average molecular weight is 495 g/mol. The Morgan fingerprint density at radius 1 is 1.00 bits per heavy atom. The lowest BCUT2D eigenvalue weighted by Gasteiger charge is -2.09. The Morgan fingerprint density at radius 3 is 2.47 bits per heavy atom. The Kier molecular flexibility index (Phi) is 4.74. The van der Waals surface area contributed by atoms with E-state index >= 15 is 0 Å². The predicted octanol–water partition coefficient (Wildman–Crippen LogP) is 2.57. The molecule has 0 bridgehead atoms. The third kappa shape index (κ3) is 2.90. The fourth-order valence-corrected chi connectivity index (χ4v) is 4.36. The summed E-state index contributed by atoms with van der Waals surface area (Å²) in [4.78, 5) is 26.0. The van der Waals surface area contributed by atoms with E-state index in [-0.39, 0.29) is 0 Å². The van der Waals surface area contributed by atoms with Crippen molar-refractivity contribution in [3.63, 3.8) is 0 Å². The highest BCUT2D eigenvalue weighted by Gasteiger charge is 2.25. The largest absolute Gasteiger partial charge is 0.496 e. The number of imidazole rings is 1. The number of nitrogens with zero attached hydrogens (tertiary/aromatic N) is 6. The molecule has 0 N–H and O–H groups in total. The van der Waals surface area contributed by atoms with E-state index in [1.165, 1.54) is 11.6 Å². The van der Waals surface area contributed by atoms with Crippen molar-refractivity contribution >= 4 is 32.9 Å². The normalized spacial score (nSPS) is 11.5. The van der Waals surface area contributed by atoms with Gasteiger partial charge in [-0.1, -0.05) is 46.3 Å². The van der Waals surface area contributed by atoms with Crippen LogP contribution >= 0.6 is 15.9 Å². The average Bonchev–Trinajstić information content (AvgIpc) is 3.36. The van der Waals surface area contributed by atoms with Gasteiger partial charge in [-0.15, -0.1) is 10.2 Å². The van der Waals surface area contributed by atoms with Crippen LogP contribution in [0.4, 0.5) is 0 Å². The molecule has 0 atom stereocenters. The maximum atomic E-state index is 13.2. The van der Waals surface area contributed by atoms with E-state index in [0.717, 1.165) is 14.6 Å². The molecule has 3 heterocycles. The van der Waals surface area contributed by atoms with Crippen LogP contribution < -0.4 is 16.0 Å². The molecule has 0 saturated heterocycles. The van der Waals surface area contributed by atoms with Gasteiger partial charge in [0.2, 0.25) is 5.78 Å². The van der Waals surface area contributed by atoms with Gasteiger partial charge in [-0.05, 0) is 23.8 Å². The quantitative estimate of drug-likeness (QED) is 0.383. The molecule has 2 aromatic carbocycles. The summed E-state index contributed by atoms with van der Waals surface area (Å²) in [6.45, 7) is 0.398. The van der Waals surface area contributed by atoms with Gasteiger partial charge in [0.05, 0.1) is 19.2 Å². The van der Waals surface area contributed by atoms with Gasteiger partial charge in [-0.25, -0.2) is 9.20 Å². The minimum absolute atomic E-state index is 0.374. The summed E-state index contributed by atoms with van der Waals surface area (Å²) < 4.78 is 12.5. The highest BCUT2D eigenvalue weighted by Crippen LogP contribution is 2.33. The Balaban J connectivity index is 1.94. The molecule has 0 unspecified atom stereocenters. The van der Waals surface area contributed by atoms with E-state index in [9.17, 15) is 9.59 Å². The van der Waals surface area contributed by atoms with Gasteiger partial charge in [0.25, 0.3) is 5.56 Å². The van der Waals surface area contributed by atoms with Crippen molar-refractivity contribution in [1.82, 2.24) is 28.3 Å². The molecule has 10 heteroatoms. The van der Waals surface area contributed by atoms with Gasteiger partial charge in [0.1, 0.15) is 5.75 Å². The van der Waals surface area contributed by atoms with E-state index in [2.05, 4.69) is 26.1 Å². The molecule has 0 spiro atoms. The molecular weight excluding hydrogens is 476 g/mol. The fourth-order valence-electron chi connectivity index (χ4n) is 4.00. The van der Waals surface area contributed by atoms with E-state index in [4.69, 9.17) is 4.74 Å². The summed E-state index contributed by atoms with van der Waals surface area (Å²) in [5.41, 5.74) is 1.65. The number of aromatic nitrogens is 6. The molecular formula is C22H19BrN6O3. The van der Waals surface area contributed by atoms with Crippen molar-refractivity contribution in [2.45, 2.75) is 6.54 Å². The van der Waals surface area contributed by atoms with Crippen LogP contribution in [0, 0.1) is 0 Å². The summed E-state index contributed by atoms with van der Waals surface area (Å²) in [7, 11) is 4.69. The van der Waals surface area contributed by atoms with Crippen molar-refractivity contribution in [3.8, 4) is 17.1 Å². The molecule has 0 radical (unpaired) electrons. The zero-order valence-electron chi connectivity index (χ0n) is 17.6. The van der Waals surface area contributed by atoms with Crippen LogP contribution in [-0.2, 0) is 20.6 Å². The van der Waals surface area contributed by atoms with Gasteiger partial charge in [-0.2, -0.15) is 0 Å². The van der Waals surface area contributed by atoms with Crippen LogP contribution in [0.1, 0.15) is 5.56 Å². The molecule has 0 aliphatic rings. The molecule has 162 valence electrons. The van der Waals surface area contributed by atoms with Crippen molar-refractivity contribution < 1.29 is 4.74 Å². The van der Waals surface area contributed by atoms with Crippen LogP contribution in [0.25, 0.3) is 28.3 Å². The third-order valence-electron chi connectivity index (χ3n) is 5.57. The molecule has 9 nitrogen and oxygen atoms in total. The lowest BCUT2D eigenvalue weighted by molar-refractivity contribution is 0.416. The number of rotatable bonds is 4. The number of aryl methyl sites for hydroxylation is 1. The second-order valence-electron chi connectivity index (χ2n) is 7.45. The molecule has 32 heavy (non-hydrogen) atoms. The second kappa shape index (κ2) is 7.49. The van der Waals surface area contributed by atoms with Crippen LogP contribution in [-0.4, -0.2) is 35.4 Å². The highest BCUT2D eigenvalue weighted by molar-refractivity contribution is 9.10. The first-order valence-corrected chi connectivity index (χ1v) is 10.6. The third-order valence-corrected chi connectivity index (χ3v) is 6.06. The first-order valence-electron chi connectivity index (χ1n) is 9.83. The van der Waals surface area contributed by atoms with Crippen LogP contribution in [0.15, 0.2) is 62.6 Å². The smallest absolute Gasteiger partial charge is 0.332 e. The Bertz CT molecular complexity index is 1610. The lowest BCUT2D eigenvalue weighted by atomic mass is 10.2.